The Morgan fingerprint density at radius 1 is 1.35 bits per heavy atom. The van der Waals surface area contributed by atoms with Crippen molar-refractivity contribution in [2.45, 2.75) is 32.4 Å². The monoisotopic (exact) mass is 300 g/mol. The highest BCUT2D eigenvalue weighted by Crippen LogP contribution is 2.30. The van der Waals surface area contributed by atoms with Gasteiger partial charge in [-0.1, -0.05) is 19.4 Å². The van der Waals surface area contributed by atoms with Crippen LogP contribution in [-0.2, 0) is 11.3 Å². The lowest BCUT2D eigenvalue weighted by atomic mass is 10.1. The highest BCUT2D eigenvalue weighted by molar-refractivity contribution is 5.85. The van der Waals surface area contributed by atoms with Crippen molar-refractivity contribution in [3.63, 3.8) is 0 Å². The van der Waals surface area contributed by atoms with Crippen LogP contribution in [0.4, 0.5) is 0 Å². The fourth-order valence-corrected chi connectivity index (χ4v) is 1.96. The summed E-state index contributed by atoms with van der Waals surface area (Å²) in [6, 6.07) is 5.24. The van der Waals surface area contributed by atoms with Gasteiger partial charge < -0.3 is 20.5 Å². The number of fused-ring (bicyclic) bond motifs is 1. The van der Waals surface area contributed by atoms with Crippen LogP contribution in [0.1, 0.15) is 25.3 Å². The minimum absolute atomic E-state index is 0. The second kappa shape index (κ2) is 7.97. The zero-order chi connectivity index (χ0) is 13.7. The summed E-state index contributed by atoms with van der Waals surface area (Å²) in [6.45, 7) is 3.60. The molecule has 1 atom stereocenters. The lowest BCUT2D eigenvalue weighted by Crippen LogP contribution is -2.40. The summed E-state index contributed by atoms with van der Waals surface area (Å²) < 4.78 is 10.9. The van der Waals surface area contributed by atoms with Gasteiger partial charge in [-0.25, -0.2) is 0 Å². The molecule has 6 heteroatoms. The minimum atomic E-state index is -0.429. The van der Waals surface area contributed by atoms with Crippen molar-refractivity contribution in [1.29, 1.82) is 0 Å². The minimum Gasteiger partial charge on any atom is -0.486 e. The summed E-state index contributed by atoms with van der Waals surface area (Å²) >= 11 is 0. The van der Waals surface area contributed by atoms with Gasteiger partial charge >= 0.3 is 0 Å². The number of hydrogen-bond acceptors (Lipinski definition) is 4. The van der Waals surface area contributed by atoms with Crippen molar-refractivity contribution < 1.29 is 14.3 Å². The van der Waals surface area contributed by atoms with Crippen molar-refractivity contribution in [3.8, 4) is 11.5 Å². The molecule has 1 heterocycles. The van der Waals surface area contributed by atoms with Crippen LogP contribution in [0, 0.1) is 0 Å². The number of nitrogens with one attached hydrogen (secondary N) is 1. The molecule has 20 heavy (non-hydrogen) atoms. The lowest BCUT2D eigenvalue weighted by Gasteiger charge is -2.19. The number of rotatable bonds is 5. The Kier molecular flexibility index (Phi) is 6.61. The first kappa shape index (κ1) is 16.6. The van der Waals surface area contributed by atoms with Gasteiger partial charge in [-0.2, -0.15) is 0 Å². The SMILES string of the molecule is CCCC(N)C(=O)NCc1ccc2c(c1)OCCO2.Cl. The predicted molar refractivity (Wildman–Crippen MR) is 79.4 cm³/mol. The molecule has 1 aromatic carbocycles. The standard InChI is InChI=1S/C14H20N2O3.ClH/c1-2-3-11(15)14(17)16-9-10-4-5-12-13(8-10)19-7-6-18-12;/h4-5,8,11H,2-3,6-7,9,15H2,1H3,(H,16,17);1H. The first-order valence-corrected chi connectivity index (χ1v) is 6.62. The number of halogens is 1. The molecule has 0 spiro atoms. The van der Waals surface area contributed by atoms with Crippen LogP contribution in [0.3, 0.4) is 0 Å². The fourth-order valence-electron chi connectivity index (χ4n) is 1.96. The van der Waals surface area contributed by atoms with Crippen LogP contribution >= 0.6 is 12.4 Å². The van der Waals surface area contributed by atoms with Crippen molar-refractivity contribution in [2.24, 2.45) is 5.73 Å². The summed E-state index contributed by atoms with van der Waals surface area (Å²) in [5, 5.41) is 2.83. The molecule has 3 N–H and O–H groups in total. The quantitative estimate of drug-likeness (QED) is 0.867. The van der Waals surface area contributed by atoms with E-state index in [-0.39, 0.29) is 18.3 Å². The van der Waals surface area contributed by atoms with Crippen LogP contribution in [-0.4, -0.2) is 25.2 Å². The van der Waals surface area contributed by atoms with Gasteiger partial charge in [-0.3, -0.25) is 4.79 Å². The van der Waals surface area contributed by atoms with Gasteiger partial charge in [0.25, 0.3) is 0 Å². The normalized spacial score (nSPS) is 14.1. The molecule has 2 rings (SSSR count). The molecule has 1 aliphatic rings. The molecular weight excluding hydrogens is 280 g/mol. The van der Waals surface area contributed by atoms with E-state index in [1.165, 1.54) is 0 Å². The van der Waals surface area contributed by atoms with Gasteiger partial charge in [0, 0.05) is 6.54 Å². The van der Waals surface area contributed by atoms with E-state index in [0.717, 1.165) is 23.5 Å². The van der Waals surface area contributed by atoms with Crippen LogP contribution < -0.4 is 20.5 Å². The molecule has 1 amide bonds. The largest absolute Gasteiger partial charge is 0.486 e. The fraction of sp³-hybridized carbons (Fsp3) is 0.500. The van der Waals surface area contributed by atoms with Gasteiger partial charge in [0.1, 0.15) is 13.2 Å². The average molecular weight is 301 g/mol. The Hall–Kier alpha value is -1.46. The summed E-state index contributed by atoms with van der Waals surface area (Å²) in [5.41, 5.74) is 6.72. The molecule has 0 saturated heterocycles. The second-order valence-corrected chi connectivity index (χ2v) is 4.59. The van der Waals surface area contributed by atoms with Crippen LogP contribution in [0.5, 0.6) is 11.5 Å². The van der Waals surface area contributed by atoms with Gasteiger partial charge in [-0.05, 0) is 24.1 Å². The topological polar surface area (TPSA) is 73.6 Å². The van der Waals surface area contributed by atoms with E-state index in [1.807, 2.05) is 25.1 Å². The third-order valence-corrected chi connectivity index (χ3v) is 3.01. The zero-order valence-electron chi connectivity index (χ0n) is 11.6. The molecule has 5 nitrogen and oxygen atoms in total. The summed E-state index contributed by atoms with van der Waals surface area (Å²) in [4.78, 5) is 11.7. The van der Waals surface area contributed by atoms with Gasteiger partial charge in [0.2, 0.25) is 5.91 Å². The molecule has 1 unspecified atom stereocenters. The zero-order valence-corrected chi connectivity index (χ0v) is 12.4. The molecular formula is C14H21ClN2O3. The smallest absolute Gasteiger partial charge is 0.237 e. The summed E-state index contributed by atoms with van der Waals surface area (Å²) in [7, 11) is 0. The number of hydrogen-bond donors (Lipinski definition) is 2. The molecule has 0 aromatic heterocycles. The van der Waals surface area contributed by atoms with E-state index in [2.05, 4.69) is 5.32 Å². The number of nitrogens with two attached hydrogens (primary N) is 1. The van der Waals surface area contributed by atoms with Gasteiger partial charge in [0.05, 0.1) is 6.04 Å². The Morgan fingerprint density at radius 3 is 2.75 bits per heavy atom. The molecule has 1 aliphatic heterocycles. The van der Waals surface area contributed by atoms with Crippen LogP contribution in [0.2, 0.25) is 0 Å². The molecule has 0 fully saturated rings. The predicted octanol–water partition coefficient (Wildman–Crippen LogP) is 1.62. The average Bonchev–Trinajstić information content (AvgIpc) is 2.44. The van der Waals surface area contributed by atoms with Crippen molar-refractivity contribution in [3.05, 3.63) is 23.8 Å². The number of amides is 1. The maximum atomic E-state index is 11.7. The van der Waals surface area contributed by atoms with Crippen LogP contribution in [0.25, 0.3) is 0 Å². The van der Waals surface area contributed by atoms with E-state index in [0.29, 0.717) is 26.2 Å². The molecule has 0 aliphatic carbocycles. The number of carbonyl (C=O) groups excluding carboxylic acids is 1. The maximum absolute atomic E-state index is 11.7. The third kappa shape index (κ3) is 4.28. The molecule has 112 valence electrons. The lowest BCUT2D eigenvalue weighted by molar-refractivity contribution is -0.122. The Bertz CT molecular complexity index is 454. The van der Waals surface area contributed by atoms with E-state index in [4.69, 9.17) is 15.2 Å². The summed E-state index contributed by atoms with van der Waals surface area (Å²) in [5.74, 6) is 1.37. The Labute approximate surface area is 125 Å². The Morgan fingerprint density at radius 2 is 2.05 bits per heavy atom. The molecule has 0 bridgehead atoms. The number of benzene rings is 1. The number of carbonyl (C=O) groups is 1. The van der Waals surface area contributed by atoms with E-state index >= 15 is 0 Å². The highest BCUT2D eigenvalue weighted by atomic mass is 35.5. The summed E-state index contributed by atoms with van der Waals surface area (Å²) in [6.07, 6.45) is 1.60. The second-order valence-electron chi connectivity index (χ2n) is 4.59. The van der Waals surface area contributed by atoms with Crippen LogP contribution in [0.15, 0.2) is 18.2 Å². The highest BCUT2D eigenvalue weighted by Gasteiger charge is 2.14. The van der Waals surface area contributed by atoms with E-state index in [1.54, 1.807) is 0 Å². The maximum Gasteiger partial charge on any atom is 0.237 e. The van der Waals surface area contributed by atoms with Crippen molar-refractivity contribution >= 4 is 18.3 Å². The van der Waals surface area contributed by atoms with Gasteiger partial charge in [0.15, 0.2) is 11.5 Å². The Balaban J connectivity index is 0.00000200. The number of ether oxygens (including phenoxy) is 2. The van der Waals surface area contributed by atoms with Crippen molar-refractivity contribution in [2.75, 3.05) is 13.2 Å². The first-order chi connectivity index (χ1) is 9.20. The molecule has 1 aromatic rings. The first-order valence-electron chi connectivity index (χ1n) is 6.62. The molecule has 0 saturated carbocycles. The molecule has 0 radical (unpaired) electrons. The van der Waals surface area contributed by atoms with E-state index < -0.39 is 6.04 Å². The van der Waals surface area contributed by atoms with E-state index in [9.17, 15) is 4.79 Å². The van der Waals surface area contributed by atoms with Crippen molar-refractivity contribution in [1.82, 2.24) is 5.32 Å². The third-order valence-electron chi connectivity index (χ3n) is 3.01. The van der Waals surface area contributed by atoms with Gasteiger partial charge in [-0.15, -0.1) is 12.4 Å².